The number of likely N-dealkylation sites (tertiary alicyclic amines) is 1. The van der Waals surface area contributed by atoms with Crippen molar-refractivity contribution in [2.75, 3.05) is 6.54 Å². The molecule has 2 aromatic carbocycles. The smallest absolute Gasteiger partial charge is 0.165 e. The minimum Gasteiger partial charge on any atom is -0.370 e. The third kappa shape index (κ3) is 2.25. The molecule has 110 valence electrons. The standard InChI is InChI=1S/C20H19NO/c22-18-13-17-11-12-21(14-15-7-3-1-4-8-15)20(17)19(18)16-9-5-2-6-10-16/h1-10,17H,11-14H2. The first-order valence-corrected chi connectivity index (χ1v) is 7.94. The van der Waals surface area contributed by atoms with Gasteiger partial charge in [0.15, 0.2) is 5.78 Å². The van der Waals surface area contributed by atoms with Crippen molar-refractivity contribution in [1.82, 2.24) is 4.90 Å². The summed E-state index contributed by atoms with van der Waals surface area (Å²) in [6.07, 6.45) is 1.79. The number of Topliss-reactive ketones (excluding diaryl/α,β-unsaturated/α-hetero) is 1. The van der Waals surface area contributed by atoms with Gasteiger partial charge in [0.25, 0.3) is 0 Å². The second kappa shape index (κ2) is 5.45. The van der Waals surface area contributed by atoms with Crippen LogP contribution in [0.1, 0.15) is 24.0 Å². The summed E-state index contributed by atoms with van der Waals surface area (Å²) in [6, 6.07) is 20.7. The lowest BCUT2D eigenvalue weighted by atomic mass is 10.0. The summed E-state index contributed by atoms with van der Waals surface area (Å²) >= 11 is 0. The van der Waals surface area contributed by atoms with Crippen LogP contribution in [0.5, 0.6) is 0 Å². The highest BCUT2D eigenvalue weighted by Gasteiger charge is 2.39. The number of rotatable bonds is 3. The van der Waals surface area contributed by atoms with Gasteiger partial charge in [-0.2, -0.15) is 0 Å². The first-order valence-electron chi connectivity index (χ1n) is 7.94. The van der Waals surface area contributed by atoms with E-state index in [-0.39, 0.29) is 0 Å². The molecule has 1 atom stereocenters. The first kappa shape index (κ1) is 13.3. The van der Waals surface area contributed by atoms with Gasteiger partial charge < -0.3 is 4.90 Å². The Hall–Kier alpha value is -2.35. The predicted octanol–water partition coefficient (Wildman–Crippen LogP) is 3.89. The highest BCUT2D eigenvalue weighted by molar-refractivity contribution is 6.24. The molecule has 22 heavy (non-hydrogen) atoms. The monoisotopic (exact) mass is 289 g/mol. The Kier molecular flexibility index (Phi) is 3.30. The van der Waals surface area contributed by atoms with Gasteiger partial charge in [-0.25, -0.2) is 0 Å². The van der Waals surface area contributed by atoms with Crippen molar-refractivity contribution in [2.45, 2.75) is 19.4 Å². The maximum absolute atomic E-state index is 12.5. The van der Waals surface area contributed by atoms with Gasteiger partial charge in [0.1, 0.15) is 0 Å². The second-order valence-corrected chi connectivity index (χ2v) is 6.15. The van der Waals surface area contributed by atoms with Crippen molar-refractivity contribution in [1.29, 1.82) is 0 Å². The Labute approximate surface area is 131 Å². The first-order chi connectivity index (χ1) is 10.8. The molecule has 1 aliphatic carbocycles. The van der Waals surface area contributed by atoms with Gasteiger partial charge in [-0.05, 0) is 17.5 Å². The summed E-state index contributed by atoms with van der Waals surface area (Å²) in [4.78, 5) is 14.9. The number of allylic oxidation sites excluding steroid dienone is 2. The molecule has 0 spiro atoms. The van der Waals surface area contributed by atoms with E-state index < -0.39 is 0 Å². The third-order valence-corrected chi connectivity index (χ3v) is 4.72. The highest BCUT2D eigenvalue weighted by Crippen LogP contribution is 2.43. The van der Waals surface area contributed by atoms with E-state index in [9.17, 15) is 4.79 Å². The molecule has 0 radical (unpaired) electrons. The summed E-state index contributed by atoms with van der Waals surface area (Å²) in [7, 11) is 0. The van der Waals surface area contributed by atoms with Gasteiger partial charge in [-0.1, -0.05) is 60.7 Å². The Bertz CT molecular complexity index is 718. The number of carbonyl (C=O) groups excluding carboxylic acids is 1. The quantitative estimate of drug-likeness (QED) is 0.854. The molecule has 0 saturated carbocycles. The lowest BCUT2D eigenvalue weighted by Crippen LogP contribution is -2.18. The van der Waals surface area contributed by atoms with E-state index in [1.165, 1.54) is 11.3 Å². The number of ketones is 1. The van der Waals surface area contributed by atoms with Crippen LogP contribution in [-0.4, -0.2) is 17.2 Å². The number of benzene rings is 2. The minimum atomic E-state index is 0.309. The van der Waals surface area contributed by atoms with Crippen LogP contribution in [0.15, 0.2) is 66.4 Å². The van der Waals surface area contributed by atoms with Crippen LogP contribution in [0.25, 0.3) is 5.57 Å². The second-order valence-electron chi connectivity index (χ2n) is 6.15. The average Bonchev–Trinajstić information content (AvgIpc) is 3.08. The lowest BCUT2D eigenvalue weighted by molar-refractivity contribution is -0.113. The fourth-order valence-electron chi connectivity index (χ4n) is 3.74. The Morgan fingerprint density at radius 3 is 2.36 bits per heavy atom. The van der Waals surface area contributed by atoms with Crippen LogP contribution in [-0.2, 0) is 11.3 Å². The summed E-state index contributed by atoms with van der Waals surface area (Å²) in [6.45, 7) is 1.95. The molecule has 2 aliphatic rings. The number of hydrogen-bond donors (Lipinski definition) is 0. The van der Waals surface area contributed by atoms with Crippen LogP contribution in [0.4, 0.5) is 0 Å². The summed E-state index contributed by atoms with van der Waals surface area (Å²) in [5, 5.41) is 0. The summed E-state index contributed by atoms with van der Waals surface area (Å²) in [5.74, 6) is 0.732. The van der Waals surface area contributed by atoms with Gasteiger partial charge >= 0.3 is 0 Å². The Balaban J connectivity index is 1.72. The lowest BCUT2D eigenvalue weighted by Gasteiger charge is -2.22. The molecule has 4 rings (SSSR count). The fraction of sp³-hybridized carbons (Fsp3) is 0.250. The molecule has 0 aromatic heterocycles. The van der Waals surface area contributed by atoms with E-state index in [2.05, 4.69) is 41.3 Å². The highest BCUT2D eigenvalue weighted by atomic mass is 16.1. The molecule has 2 aromatic rings. The van der Waals surface area contributed by atoms with E-state index in [1.807, 2.05) is 24.3 Å². The summed E-state index contributed by atoms with van der Waals surface area (Å²) < 4.78 is 0. The SMILES string of the molecule is O=C1CC2CCN(Cc3ccccc3)C2=C1c1ccccc1. The molecule has 1 heterocycles. The molecule has 2 nitrogen and oxygen atoms in total. The minimum absolute atomic E-state index is 0.309. The van der Waals surface area contributed by atoms with Gasteiger partial charge in [0.05, 0.1) is 0 Å². The molecular weight excluding hydrogens is 270 g/mol. The van der Waals surface area contributed by atoms with Gasteiger partial charge in [-0.3, -0.25) is 4.79 Å². The predicted molar refractivity (Wildman–Crippen MR) is 87.9 cm³/mol. The van der Waals surface area contributed by atoms with Crippen molar-refractivity contribution in [3.05, 3.63) is 77.5 Å². The van der Waals surface area contributed by atoms with Crippen molar-refractivity contribution in [3.8, 4) is 0 Å². The molecule has 1 unspecified atom stereocenters. The number of carbonyl (C=O) groups is 1. The van der Waals surface area contributed by atoms with Gasteiger partial charge in [-0.15, -0.1) is 0 Å². The van der Waals surface area contributed by atoms with E-state index in [4.69, 9.17) is 0 Å². The molecule has 1 aliphatic heterocycles. The fourth-order valence-corrected chi connectivity index (χ4v) is 3.74. The Morgan fingerprint density at radius 1 is 0.955 bits per heavy atom. The van der Waals surface area contributed by atoms with Crippen molar-refractivity contribution in [2.24, 2.45) is 5.92 Å². The molecule has 0 bridgehead atoms. The zero-order valence-corrected chi connectivity index (χ0v) is 12.5. The maximum atomic E-state index is 12.5. The van der Waals surface area contributed by atoms with E-state index >= 15 is 0 Å². The molecular formula is C20H19NO. The van der Waals surface area contributed by atoms with Gasteiger partial charge in [0.2, 0.25) is 0 Å². The molecule has 1 saturated heterocycles. The van der Waals surface area contributed by atoms with Crippen LogP contribution < -0.4 is 0 Å². The molecule has 0 amide bonds. The number of hydrogen-bond acceptors (Lipinski definition) is 2. The third-order valence-electron chi connectivity index (χ3n) is 4.72. The van der Waals surface area contributed by atoms with Crippen LogP contribution in [0.3, 0.4) is 0 Å². The van der Waals surface area contributed by atoms with E-state index in [0.717, 1.165) is 30.6 Å². The van der Waals surface area contributed by atoms with Crippen LogP contribution in [0, 0.1) is 5.92 Å². The van der Waals surface area contributed by atoms with E-state index in [0.29, 0.717) is 18.1 Å². The largest absolute Gasteiger partial charge is 0.370 e. The topological polar surface area (TPSA) is 20.3 Å². The van der Waals surface area contributed by atoms with Crippen molar-refractivity contribution in [3.63, 3.8) is 0 Å². The van der Waals surface area contributed by atoms with Crippen molar-refractivity contribution < 1.29 is 4.79 Å². The molecule has 0 N–H and O–H groups in total. The number of fused-ring (bicyclic) bond motifs is 1. The maximum Gasteiger partial charge on any atom is 0.165 e. The zero-order chi connectivity index (χ0) is 14.9. The van der Waals surface area contributed by atoms with Crippen LogP contribution >= 0.6 is 0 Å². The zero-order valence-electron chi connectivity index (χ0n) is 12.5. The van der Waals surface area contributed by atoms with E-state index in [1.54, 1.807) is 0 Å². The molecule has 1 fully saturated rings. The summed E-state index contributed by atoms with van der Waals surface area (Å²) in [5.41, 5.74) is 4.62. The average molecular weight is 289 g/mol. The molecule has 2 heteroatoms. The Morgan fingerprint density at radius 2 is 1.64 bits per heavy atom. The normalized spacial score (nSPS) is 20.6. The van der Waals surface area contributed by atoms with Crippen LogP contribution in [0.2, 0.25) is 0 Å². The number of nitrogens with zero attached hydrogens (tertiary/aromatic N) is 1. The van der Waals surface area contributed by atoms with Crippen molar-refractivity contribution >= 4 is 11.4 Å². The van der Waals surface area contributed by atoms with Gasteiger partial charge in [0, 0.05) is 36.7 Å².